The average molecular weight is 207 g/mol. The van der Waals surface area contributed by atoms with E-state index >= 15 is 0 Å². The third-order valence-corrected chi connectivity index (χ3v) is 2.11. The molecule has 1 unspecified atom stereocenters. The van der Waals surface area contributed by atoms with E-state index in [4.69, 9.17) is 10.5 Å². The number of nitrogens with two attached hydrogens (primary N) is 1. The number of benzene rings is 1. The molecular formula is C12H14FNO. The monoisotopic (exact) mass is 207 g/mol. The molecule has 0 saturated heterocycles. The van der Waals surface area contributed by atoms with Crippen molar-refractivity contribution in [3.8, 4) is 17.6 Å². The molecule has 0 heterocycles. The quantitative estimate of drug-likeness (QED) is 0.771. The van der Waals surface area contributed by atoms with E-state index in [0.717, 1.165) is 0 Å². The van der Waals surface area contributed by atoms with Gasteiger partial charge in [-0.15, -0.1) is 11.8 Å². The Kier molecular flexibility index (Phi) is 4.14. The highest BCUT2D eigenvalue weighted by atomic mass is 19.1. The Morgan fingerprint density at radius 1 is 1.53 bits per heavy atom. The van der Waals surface area contributed by atoms with Gasteiger partial charge < -0.3 is 10.5 Å². The Morgan fingerprint density at radius 2 is 2.27 bits per heavy atom. The third kappa shape index (κ3) is 2.97. The first-order valence-electron chi connectivity index (χ1n) is 4.67. The fourth-order valence-corrected chi connectivity index (χ4v) is 1.26. The summed E-state index contributed by atoms with van der Waals surface area (Å²) in [5.41, 5.74) is 6.26. The second-order valence-electron chi connectivity index (χ2n) is 3.12. The molecular weight excluding hydrogens is 193 g/mol. The van der Waals surface area contributed by atoms with E-state index in [2.05, 4.69) is 11.8 Å². The van der Waals surface area contributed by atoms with Crippen LogP contribution in [0.15, 0.2) is 18.2 Å². The van der Waals surface area contributed by atoms with Crippen molar-refractivity contribution in [3.05, 3.63) is 29.6 Å². The van der Waals surface area contributed by atoms with Gasteiger partial charge in [0.2, 0.25) is 0 Å². The van der Waals surface area contributed by atoms with E-state index < -0.39 is 0 Å². The Labute approximate surface area is 89.2 Å². The maximum absolute atomic E-state index is 13.5. The minimum atomic E-state index is -0.386. The summed E-state index contributed by atoms with van der Waals surface area (Å²) >= 11 is 0. The summed E-state index contributed by atoms with van der Waals surface area (Å²) in [7, 11) is 1.50. The van der Waals surface area contributed by atoms with E-state index in [1.165, 1.54) is 13.2 Å². The highest BCUT2D eigenvalue weighted by Crippen LogP contribution is 2.21. The molecule has 0 spiro atoms. The van der Waals surface area contributed by atoms with Crippen molar-refractivity contribution in [3.63, 3.8) is 0 Å². The summed E-state index contributed by atoms with van der Waals surface area (Å²) in [5.74, 6) is 5.71. The van der Waals surface area contributed by atoms with Gasteiger partial charge in [0.1, 0.15) is 11.6 Å². The number of hydrogen-bond acceptors (Lipinski definition) is 2. The van der Waals surface area contributed by atoms with Gasteiger partial charge in [0.05, 0.1) is 7.11 Å². The normalized spacial score (nSPS) is 11.5. The van der Waals surface area contributed by atoms with Crippen molar-refractivity contribution < 1.29 is 9.13 Å². The molecule has 0 saturated carbocycles. The van der Waals surface area contributed by atoms with Crippen molar-refractivity contribution in [1.82, 2.24) is 0 Å². The summed E-state index contributed by atoms with van der Waals surface area (Å²) in [6, 6.07) is 4.27. The van der Waals surface area contributed by atoms with Crippen LogP contribution in [-0.4, -0.2) is 7.11 Å². The van der Waals surface area contributed by atoms with E-state index in [9.17, 15) is 4.39 Å². The molecule has 0 radical (unpaired) electrons. The SMILES string of the molecule is CC#CCC(N)c1ccc(OC)cc1F. The van der Waals surface area contributed by atoms with Gasteiger partial charge in [0.15, 0.2) is 0 Å². The van der Waals surface area contributed by atoms with Crippen molar-refractivity contribution in [1.29, 1.82) is 0 Å². The van der Waals surface area contributed by atoms with Gasteiger partial charge in [-0.1, -0.05) is 6.07 Å². The molecule has 3 heteroatoms. The lowest BCUT2D eigenvalue weighted by Crippen LogP contribution is -2.11. The molecule has 2 N–H and O–H groups in total. The number of halogens is 1. The Bertz CT molecular complexity index is 392. The minimum Gasteiger partial charge on any atom is -0.497 e. The van der Waals surface area contributed by atoms with Gasteiger partial charge in [0.25, 0.3) is 0 Å². The van der Waals surface area contributed by atoms with E-state index in [1.54, 1.807) is 19.1 Å². The topological polar surface area (TPSA) is 35.2 Å². The van der Waals surface area contributed by atoms with Crippen LogP contribution in [0.4, 0.5) is 4.39 Å². The van der Waals surface area contributed by atoms with Crippen LogP contribution in [0.5, 0.6) is 5.75 Å². The number of hydrogen-bond donors (Lipinski definition) is 1. The second kappa shape index (κ2) is 5.38. The maximum atomic E-state index is 13.5. The molecule has 15 heavy (non-hydrogen) atoms. The number of methoxy groups -OCH3 is 1. The molecule has 2 nitrogen and oxygen atoms in total. The van der Waals surface area contributed by atoms with E-state index in [1.807, 2.05) is 0 Å². The molecule has 0 aliphatic heterocycles. The number of rotatable bonds is 3. The van der Waals surface area contributed by atoms with Gasteiger partial charge in [0, 0.05) is 24.1 Å². The second-order valence-corrected chi connectivity index (χ2v) is 3.12. The van der Waals surface area contributed by atoms with Crippen molar-refractivity contribution in [2.24, 2.45) is 5.73 Å². The van der Waals surface area contributed by atoms with E-state index in [0.29, 0.717) is 17.7 Å². The summed E-state index contributed by atoms with van der Waals surface area (Å²) < 4.78 is 18.4. The lowest BCUT2D eigenvalue weighted by atomic mass is 10.0. The Hall–Kier alpha value is -1.53. The molecule has 1 rings (SSSR count). The molecule has 0 aromatic heterocycles. The van der Waals surface area contributed by atoms with Crippen LogP contribution in [0, 0.1) is 17.7 Å². The number of ether oxygens (including phenoxy) is 1. The fraction of sp³-hybridized carbons (Fsp3) is 0.333. The van der Waals surface area contributed by atoms with Gasteiger partial charge in [-0.05, 0) is 13.0 Å². The molecule has 1 aromatic carbocycles. The van der Waals surface area contributed by atoms with Crippen molar-refractivity contribution in [2.75, 3.05) is 7.11 Å². The zero-order valence-corrected chi connectivity index (χ0v) is 8.88. The van der Waals surface area contributed by atoms with Crippen LogP contribution < -0.4 is 10.5 Å². The summed E-state index contributed by atoms with van der Waals surface area (Å²) in [4.78, 5) is 0. The van der Waals surface area contributed by atoms with Gasteiger partial charge in [-0.2, -0.15) is 0 Å². The van der Waals surface area contributed by atoms with Crippen LogP contribution in [-0.2, 0) is 0 Å². The Morgan fingerprint density at radius 3 is 2.80 bits per heavy atom. The minimum absolute atomic E-state index is 0.347. The molecule has 0 fully saturated rings. The zero-order valence-electron chi connectivity index (χ0n) is 8.88. The molecule has 1 aromatic rings. The van der Waals surface area contributed by atoms with Gasteiger partial charge in [-0.3, -0.25) is 0 Å². The smallest absolute Gasteiger partial charge is 0.131 e. The van der Waals surface area contributed by atoms with E-state index in [-0.39, 0.29) is 11.9 Å². The third-order valence-electron chi connectivity index (χ3n) is 2.11. The van der Waals surface area contributed by atoms with Crippen molar-refractivity contribution in [2.45, 2.75) is 19.4 Å². The van der Waals surface area contributed by atoms with Crippen LogP contribution in [0.2, 0.25) is 0 Å². The highest BCUT2D eigenvalue weighted by molar-refractivity contribution is 5.31. The summed E-state index contributed by atoms with van der Waals surface area (Å²) in [6.45, 7) is 1.73. The van der Waals surface area contributed by atoms with Crippen LogP contribution in [0.25, 0.3) is 0 Å². The molecule has 0 amide bonds. The zero-order chi connectivity index (χ0) is 11.3. The van der Waals surface area contributed by atoms with Crippen LogP contribution in [0.3, 0.4) is 0 Å². The molecule has 0 aliphatic rings. The summed E-state index contributed by atoms with van der Waals surface area (Å²) in [6.07, 6.45) is 0.458. The van der Waals surface area contributed by atoms with Gasteiger partial charge >= 0.3 is 0 Å². The fourth-order valence-electron chi connectivity index (χ4n) is 1.26. The largest absolute Gasteiger partial charge is 0.497 e. The first-order valence-corrected chi connectivity index (χ1v) is 4.67. The van der Waals surface area contributed by atoms with Crippen LogP contribution in [0.1, 0.15) is 24.9 Å². The lowest BCUT2D eigenvalue weighted by Gasteiger charge is -2.10. The Balaban J connectivity index is 2.88. The molecule has 0 aliphatic carbocycles. The molecule has 0 bridgehead atoms. The highest BCUT2D eigenvalue weighted by Gasteiger charge is 2.10. The standard InChI is InChI=1S/C12H14FNO/c1-3-4-5-12(14)10-7-6-9(15-2)8-11(10)13/h6-8,12H,5,14H2,1-2H3. The predicted octanol–water partition coefficient (Wildman–Crippen LogP) is 2.25. The van der Waals surface area contributed by atoms with Gasteiger partial charge in [-0.25, -0.2) is 4.39 Å². The van der Waals surface area contributed by atoms with Crippen molar-refractivity contribution >= 4 is 0 Å². The maximum Gasteiger partial charge on any atom is 0.131 e. The average Bonchev–Trinajstić information content (AvgIpc) is 2.25. The summed E-state index contributed by atoms with van der Waals surface area (Å²) in [5, 5.41) is 0. The molecule has 1 atom stereocenters. The van der Waals surface area contributed by atoms with Crippen LogP contribution >= 0.6 is 0 Å². The lowest BCUT2D eigenvalue weighted by molar-refractivity contribution is 0.410. The predicted molar refractivity (Wildman–Crippen MR) is 57.9 cm³/mol. The first kappa shape index (κ1) is 11.5. The first-order chi connectivity index (χ1) is 7.19. The molecule has 80 valence electrons.